The molecule has 2 aromatic heterocycles. The largest absolute Gasteiger partial charge is 0.349 e. The van der Waals surface area contributed by atoms with Crippen LogP contribution in [0.4, 0.5) is 0 Å². The summed E-state index contributed by atoms with van der Waals surface area (Å²) in [5, 5.41) is 13.4. The zero-order valence-electron chi connectivity index (χ0n) is 17.3. The fourth-order valence-electron chi connectivity index (χ4n) is 5.56. The number of nitrogens with zero attached hydrogens (tertiary/aromatic N) is 3. The summed E-state index contributed by atoms with van der Waals surface area (Å²) in [6, 6.07) is 7.10. The first-order valence-electron chi connectivity index (χ1n) is 10.5. The number of hydrogen-bond donors (Lipinski definition) is 2. The van der Waals surface area contributed by atoms with Gasteiger partial charge in [0.05, 0.1) is 4.88 Å². The summed E-state index contributed by atoms with van der Waals surface area (Å²) >= 11 is 1.65. The molecule has 3 fully saturated rings. The SMILES string of the molecule is Cl.Cl.Cn1nc(-c2cccs2)cc1C(=O)NC[C@H]1[C@@H]2CNC[C@@H](C2)[C@@H]2CCCCN21. The standard InChI is InChI=1S/C21H29N5OS.2ClH/c1-25-18(10-16(24-25)20-6-4-8-28-20)21(27)23-13-19-15-9-14(11-22-12-15)17-5-2-3-7-26(17)19;;/h4,6,8,10,14-15,17,19,22H,2-3,5,7,9,11-13H2,1H3,(H,23,27);2*1H/t14-,15+,17+,19+;;/m1../s1. The number of thiophene rings is 1. The fraction of sp³-hybridized carbons (Fsp3) is 0.619. The third-order valence-corrected chi connectivity index (χ3v) is 7.78. The van der Waals surface area contributed by atoms with Gasteiger partial charge in [-0.3, -0.25) is 14.4 Å². The molecule has 3 aliphatic heterocycles. The molecule has 3 aliphatic rings. The van der Waals surface area contributed by atoms with E-state index in [1.807, 2.05) is 30.6 Å². The van der Waals surface area contributed by atoms with Crippen molar-refractivity contribution in [1.29, 1.82) is 0 Å². The van der Waals surface area contributed by atoms with Gasteiger partial charge in [0, 0.05) is 25.7 Å². The second kappa shape index (κ2) is 10.0. The molecule has 5 heterocycles. The van der Waals surface area contributed by atoms with E-state index in [0.717, 1.165) is 36.1 Å². The van der Waals surface area contributed by atoms with Crippen LogP contribution in [0.5, 0.6) is 0 Å². The number of carbonyl (C=O) groups is 1. The van der Waals surface area contributed by atoms with Gasteiger partial charge < -0.3 is 10.6 Å². The summed E-state index contributed by atoms with van der Waals surface area (Å²) < 4.78 is 1.70. The maximum absolute atomic E-state index is 12.9. The lowest BCUT2D eigenvalue weighted by Crippen LogP contribution is -2.65. The molecule has 0 unspecified atom stereocenters. The highest BCUT2D eigenvalue weighted by molar-refractivity contribution is 7.13. The van der Waals surface area contributed by atoms with Crippen LogP contribution in [0.15, 0.2) is 23.6 Å². The Kier molecular flexibility index (Phi) is 7.85. The Hall–Kier alpha value is -1.12. The predicted octanol–water partition coefficient (Wildman–Crippen LogP) is 3.18. The number of nitrogens with one attached hydrogen (secondary N) is 2. The van der Waals surface area contributed by atoms with Crippen molar-refractivity contribution in [3.05, 3.63) is 29.3 Å². The van der Waals surface area contributed by atoms with Crippen molar-refractivity contribution >= 4 is 42.1 Å². The first kappa shape index (κ1) is 23.5. The van der Waals surface area contributed by atoms with E-state index in [2.05, 4.69) is 20.6 Å². The maximum atomic E-state index is 12.9. The van der Waals surface area contributed by atoms with E-state index in [4.69, 9.17) is 0 Å². The quantitative estimate of drug-likeness (QED) is 0.718. The Bertz CT molecular complexity index is 843. The number of rotatable bonds is 4. The van der Waals surface area contributed by atoms with Crippen molar-refractivity contribution in [2.45, 2.75) is 37.8 Å². The molecule has 5 rings (SSSR count). The molecule has 4 atom stereocenters. The van der Waals surface area contributed by atoms with Crippen LogP contribution >= 0.6 is 36.2 Å². The Morgan fingerprint density at radius 1 is 1.30 bits per heavy atom. The lowest BCUT2D eigenvalue weighted by molar-refractivity contribution is -0.0371. The van der Waals surface area contributed by atoms with Gasteiger partial charge in [-0.25, -0.2) is 0 Å². The molecule has 0 aromatic carbocycles. The average molecular weight is 472 g/mol. The van der Waals surface area contributed by atoms with Crippen molar-refractivity contribution < 1.29 is 4.79 Å². The zero-order valence-corrected chi connectivity index (χ0v) is 19.7. The number of hydrogen-bond acceptors (Lipinski definition) is 5. The van der Waals surface area contributed by atoms with Crippen LogP contribution in [-0.4, -0.2) is 58.9 Å². The van der Waals surface area contributed by atoms with Gasteiger partial charge in [0.2, 0.25) is 0 Å². The summed E-state index contributed by atoms with van der Waals surface area (Å²) in [6.07, 6.45) is 5.26. The lowest BCUT2D eigenvalue weighted by atomic mass is 9.73. The van der Waals surface area contributed by atoms with E-state index >= 15 is 0 Å². The summed E-state index contributed by atoms with van der Waals surface area (Å²) in [5.74, 6) is 1.41. The van der Waals surface area contributed by atoms with Crippen molar-refractivity contribution in [3.63, 3.8) is 0 Å². The van der Waals surface area contributed by atoms with Crippen LogP contribution < -0.4 is 10.6 Å². The van der Waals surface area contributed by atoms with Gasteiger partial charge in [0.25, 0.3) is 5.91 Å². The second-order valence-electron chi connectivity index (χ2n) is 8.51. The van der Waals surface area contributed by atoms with Gasteiger partial charge in [-0.05, 0) is 68.2 Å². The average Bonchev–Trinajstić information content (AvgIpc) is 3.38. The molecular formula is C21H31Cl2N5OS. The first-order chi connectivity index (χ1) is 13.7. The molecule has 2 aromatic rings. The minimum absolute atomic E-state index is 0. The van der Waals surface area contributed by atoms with Crippen molar-refractivity contribution in [1.82, 2.24) is 25.3 Å². The number of aryl methyl sites for hydroxylation is 1. The molecule has 0 spiro atoms. The molecule has 2 bridgehead atoms. The number of amides is 1. The molecule has 3 saturated heterocycles. The number of fused-ring (bicyclic) bond motifs is 4. The molecule has 9 heteroatoms. The van der Waals surface area contributed by atoms with E-state index in [1.54, 1.807) is 16.0 Å². The molecule has 0 radical (unpaired) electrons. The molecular weight excluding hydrogens is 441 g/mol. The lowest BCUT2D eigenvalue weighted by Gasteiger charge is -2.55. The van der Waals surface area contributed by atoms with Crippen molar-refractivity contribution in [2.24, 2.45) is 18.9 Å². The molecule has 2 N–H and O–H groups in total. The Morgan fingerprint density at radius 3 is 2.93 bits per heavy atom. The van der Waals surface area contributed by atoms with Crippen molar-refractivity contribution in [3.8, 4) is 10.6 Å². The van der Waals surface area contributed by atoms with Gasteiger partial charge in [-0.1, -0.05) is 12.5 Å². The molecule has 1 amide bonds. The third-order valence-electron chi connectivity index (χ3n) is 6.88. The monoisotopic (exact) mass is 471 g/mol. The van der Waals surface area contributed by atoms with Crippen LogP contribution in [0.1, 0.15) is 36.2 Å². The first-order valence-corrected chi connectivity index (χ1v) is 11.4. The van der Waals surface area contributed by atoms with E-state index < -0.39 is 0 Å². The van der Waals surface area contributed by atoms with Crippen LogP contribution in [0, 0.1) is 11.8 Å². The van der Waals surface area contributed by atoms with E-state index in [9.17, 15) is 4.79 Å². The van der Waals surface area contributed by atoms with Gasteiger partial charge in [0.15, 0.2) is 0 Å². The van der Waals surface area contributed by atoms with Gasteiger partial charge in [-0.15, -0.1) is 36.2 Å². The van der Waals surface area contributed by atoms with E-state index in [0.29, 0.717) is 23.7 Å². The van der Waals surface area contributed by atoms with Gasteiger partial charge >= 0.3 is 0 Å². The highest BCUT2D eigenvalue weighted by Gasteiger charge is 2.45. The highest BCUT2D eigenvalue weighted by Crippen LogP contribution is 2.38. The predicted molar refractivity (Wildman–Crippen MR) is 126 cm³/mol. The molecule has 0 aliphatic carbocycles. The van der Waals surface area contributed by atoms with Gasteiger partial charge in [0.1, 0.15) is 11.4 Å². The summed E-state index contributed by atoms with van der Waals surface area (Å²) in [7, 11) is 1.85. The third kappa shape index (κ3) is 4.41. The van der Waals surface area contributed by atoms with Crippen molar-refractivity contribution in [2.75, 3.05) is 26.2 Å². The van der Waals surface area contributed by atoms with Crippen LogP contribution in [0.25, 0.3) is 10.6 Å². The Labute approximate surface area is 194 Å². The number of aromatic nitrogens is 2. The number of carbonyl (C=O) groups excluding carboxylic acids is 1. The number of halogens is 2. The minimum Gasteiger partial charge on any atom is -0.349 e. The fourth-order valence-corrected chi connectivity index (χ4v) is 6.24. The van der Waals surface area contributed by atoms with E-state index in [-0.39, 0.29) is 30.7 Å². The summed E-state index contributed by atoms with van der Waals surface area (Å²) in [6.45, 7) is 4.16. The van der Waals surface area contributed by atoms with Gasteiger partial charge in [-0.2, -0.15) is 5.10 Å². The Balaban J connectivity index is 0.00000128. The molecule has 30 heavy (non-hydrogen) atoms. The smallest absolute Gasteiger partial charge is 0.269 e. The molecule has 166 valence electrons. The summed E-state index contributed by atoms with van der Waals surface area (Å²) in [5.41, 5.74) is 1.50. The summed E-state index contributed by atoms with van der Waals surface area (Å²) in [4.78, 5) is 16.7. The topological polar surface area (TPSA) is 62.2 Å². The second-order valence-corrected chi connectivity index (χ2v) is 9.46. The number of piperidine rings is 3. The molecule has 0 saturated carbocycles. The molecule has 6 nitrogen and oxygen atoms in total. The highest BCUT2D eigenvalue weighted by atomic mass is 35.5. The van der Waals surface area contributed by atoms with Crippen LogP contribution in [-0.2, 0) is 7.05 Å². The zero-order chi connectivity index (χ0) is 19.1. The Morgan fingerprint density at radius 2 is 2.13 bits per heavy atom. The van der Waals surface area contributed by atoms with Crippen LogP contribution in [0.2, 0.25) is 0 Å². The normalized spacial score (nSPS) is 28.0. The minimum atomic E-state index is -0.0164. The maximum Gasteiger partial charge on any atom is 0.269 e. The van der Waals surface area contributed by atoms with Crippen LogP contribution in [0.3, 0.4) is 0 Å². The van der Waals surface area contributed by atoms with E-state index in [1.165, 1.54) is 32.2 Å².